The first-order valence-corrected chi connectivity index (χ1v) is 10.8. The van der Waals surface area contributed by atoms with Crippen LogP contribution in [0, 0.1) is 5.82 Å². The largest absolute Gasteiger partial charge is 0.487 e. The summed E-state index contributed by atoms with van der Waals surface area (Å²) in [6.07, 6.45) is 5.87. The highest BCUT2D eigenvalue weighted by atomic mass is 19.1. The number of ether oxygens (including phenoxy) is 3. The average molecular weight is 419 g/mol. The quantitative estimate of drug-likeness (QED) is 0.709. The van der Waals surface area contributed by atoms with E-state index in [4.69, 9.17) is 14.2 Å². The number of nitrogens with one attached hydrogen (secondary N) is 1. The highest BCUT2D eigenvalue weighted by Gasteiger charge is 2.27. The number of hydrogen-bond acceptors (Lipinski definition) is 5. The molecule has 0 radical (unpaired) electrons. The van der Waals surface area contributed by atoms with Crippen molar-refractivity contribution in [2.45, 2.75) is 76.7 Å². The molecule has 1 aromatic carbocycles. The number of hydrogen-bond donors (Lipinski definition) is 1. The van der Waals surface area contributed by atoms with Crippen molar-refractivity contribution < 1.29 is 23.4 Å². The number of fused-ring (bicyclic) bond motifs is 1. The summed E-state index contributed by atoms with van der Waals surface area (Å²) >= 11 is 0. The zero-order valence-corrected chi connectivity index (χ0v) is 17.8. The van der Waals surface area contributed by atoms with Gasteiger partial charge in [0.1, 0.15) is 6.10 Å². The molecule has 7 nitrogen and oxygen atoms in total. The van der Waals surface area contributed by atoms with Crippen LogP contribution in [-0.2, 0) is 16.6 Å². The number of aryl methyl sites for hydroxylation is 1. The third-order valence-electron chi connectivity index (χ3n) is 5.64. The molecule has 1 amide bonds. The zero-order chi connectivity index (χ0) is 21.3. The fraction of sp³-hybridized carbons (Fsp3) is 0.636. The highest BCUT2D eigenvalue weighted by molar-refractivity contribution is 5.78. The van der Waals surface area contributed by atoms with E-state index in [1.54, 1.807) is 6.07 Å². The van der Waals surface area contributed by atoms with E-state index < -0.39 is 0 Å². The van der Waals surface area contributed by atoms with Gasteiger partial charge in [0.05, 0.1) is 29.8 Å². The molecule has 0 saturated heterocycles. The Balaban J connectivity index is 1.32. The summed E-state index contributed by atoms with van der Waals surface area (Å²) in [4.78, 5) is 15.6. The van der Waals surface area contributed by atoms with Crippen LogP contribution in [0.2, 0.25) is 0 Å². The Morgan fingerprint density at radius 3 is 2.47 bits per heavy atom. The van der Waals surface area contributed by atoms with Crippen molar-refractivity contribution in [2.75, 3.05) is 6.61 Å². The first-order valence-electron chi connectivity index (χ1n) is 10.8. The maximum absolute atomic E-state index is 14.3. The number of benzene rings is 1. The van der Waals surface area contributed by atoms with Crippen LogP contribution in [0.1, 0.15) is 52.4 Å². The van der Waals surface area contributed by atoms with Gasteiger partial charge in [-0.1, -0.05) is 0 Å². The number of amides is 1. The molecule has 2 saturated carbocycles. The van der Waals surface area contributed by atoms with E-state index in [2.05, 4.69) is 10.3 Å². The third-order valence-corrected chi connectivity index (χ3v) is 5.64. The number of carbonyl (C=O) groups excluding carboxylic acids is 1. The average Bonchev–Trinajstić information content (AvgIpc) is 3.47. The van der Waals surface area contributed by atoms with Gasteiger partial charge in [-0.25, -0.2) is 4.39 Å². The number of imidazole rings is 1. The molecule has 0 bridgehead atoms. The second-order valence-corrected chi connectivity index (χ2v) is 8.49. The molecule has 4 rings (SSSR count). The maximum Gasteiger partial charge on any atom is 0.297 e. The van der Waals surface area contributed by atoms with Gasteiger partial charge in [-0.15, -0.1) is 0 Å². The Morgan fingerprint density at radius 2 is 1.80 bits per heavy atom. The summed E-state index contributed by atoms with van der Waals surface area (Å²) in [5.41, 5.74) is 1.36. The van der Waals surface area contributed by atoms with Gasteiger partial charge in [0, 0.05) is 32.1 Å². The molecule has 8 heteroatoms. The van der Waals surface area contributed by atoms with Gasteiger partial charge in [-0.05, 0) is 45.4 Å². The van der Waals surface area contributed by atoms with Gasteiger partial charge in [-0.3, -0.25) is 9.36 Å². The zero-order valence-electron chi connectivity index (χ0n) is 17.8. The van der Waals surface area contributed by atoms with E-state index >= 15 is 0 Å². The number of carbonyl (C=O) groups is 1. The van der Waals surface area contributed by atoms with Crippen LogP contribution >= 0.6 is 0 Å². The van der Waals surface area contributed by atoms with Gasteiger partial charge in [0.2, 0.25) is 5.91 Å². The van der Waals surface area contributed by atoms with Crippen LogP contribution in [0.5, 0.6) is 11.8 Å². The standard InChI is InChI=1S/C22H30FN3O4/c1-13(24-14(2)27)12-28-15-4-6-17(7-5-15)30-22-25-19-10-18(23)21(29-16-8-9-16)11-20(19)26(22)3/h10-11,13,15-17H,4-9,12H2,1-3H3,(H,24,27)/t13-,15?,17?/m0/s1. The van der Waals surface area contributed by atoms with E-state index in [0.29, 0.717) is 18.1 Å². The molecule has 1 atom stereocenters. The Labute approximate surface area is 175 Å². The van der Waals surface area contributed by atoms with Crippen molar-refractivity contribution in [3.63, 3.8) is 0 Å². The van der Waals surface area contributed by atoms with Crippen molar-refractivity contribution >= 4 is 16.9 Å². The van der Waals surface area contributed by atoms with E-state index in [1.807, 2.05) is 18.5 Å². The molecule has 2 aliphatic carbocycles. The summed E-state index contributed by atoms with van der Waals surface area (Å²) < 4.78 is 33.9. The van der Waals surface area contributed by atoms with Crippen molar-refractivity contribution in [3.8, 4) is 11.8 Å². The van der Waals surface area contributed by atoms with Crippen LogP contribution in [0.4, 0.5) is 4.39 Å². The van der Waals surface area contributed by atoms with E-state index in [1.165, 1.54) is 13.0 Å². The first-order chi connectivity index (χ1) is 14.4. The smallest absolute Gasteiger partial charge is 0.297 e. The summed E-state index contributed by atoms with van der Waals surface area (Å²) in [5.74, 6) is -0.146. The van der Waals surface area contributed by atoms with Crippen LogP contribution in [0.15, 0.2) is 12.1 Å². The van der Waals surface area contributed by atoms with Crippen molar-refractivity contribution in [1.82, 2.24) is 14.9 Å². The molecular weight excluding hydrogens is 389 g/mol. The van der Waals surface area contributed by atoms with Crippen LogP contribution in [-0.4, -0.2) is 46.4 Å². The van der Waals surface area contributed by atoms with Gasteiger partial charge in [0.25, 0.3) is 6.01 Å². The monoisotopic (exact) mass is 419 g/mol. The third kappa shape index (κ3) is 5.03. The van der Waals surface area contributed by atoms with E-state index in [0.717, 1.165) is 44.0 Å². The van der Waals surface area contributed by atoms with Crippen molar-refractivity contribution in [3.05, 3.63) is 17.9 Å². The Morgan fingerprint density at radius 1 is 1.17 bits per heavy atom. The molecule has 1 aromatic heterocycles. The summed E-state index contributed by atoms with van der Waals surface area (Å²) in [5, 5.41) is 2.83. The van der Waals surface area contributed by atoms with Gasteiger partial charge in [0.15, 0.2) is 11.6 Å². The second-order valence-electron chi connectivity index (χ2n) is 8.49. The summed E-state index contributed by atoms with van der Waals surface area (Å²) in [6, 6.07) is 3.63. The van der Waals surface area contributed by atoms with Gasteiger partial charge < -0.3 is 19.5 Å². The minimum absolute atomic E-state index is 0.00523. The fourth-order valence-electron chi connectivity index (χ4n) is 3.87. The predicted octanol–water partition coefficient (Wildman–Crippen LogP) is 3.48. The number of rotatable bonds is 8. The molecule has 0 spiro atoms. The van der Waals surface area contributed by atoms with Crippen LogP contribution < -0.4 is 14.8 Å². The lowest BCUT2D eigenvalue weighted by molar-refractivity contribution is -0.120. The lowest BCUT2D eigenvalue weighted by Crippen LogP contribution is -2.37. The lowest BCUT2D eigenvalue weighted by atomic mass is 9.95. The Hall–Kier alpha value is -2.35. The number of nitrogens with zero attached hydrogens (tertiary/aromatic N) is 2. The molecule has 2 aromatic rings. The molecule has 1 heterocycles. The lowest BCUT2D eigenvalue weighted by Gasteiger charge is -2.29. The molecular formula is C22H30FN3O4. The second kappa shape index (κ2) is 8.79. The number of halogens is 1. The molecule has 0 unspecified atom stereocenters. The SMILES string of the molecule is CC(=O)N[C@@H](C)COC1CCC(Oc2nc3cc(F)c(OC4CC4)cc3n2C)CC1. The minimum Gasteiger partial charge on any atom is -0.487 e. The minimum atomic E-state index is -0.384. The number of aromatic nitrogens is 2. The summed E-state index contributed by atoms with van der Waals surface area (Å²) in [7, 11) is 1.88. The van der Waals surface area contributed by atoms with Crippen LogP contribution in [0.3, 0.4) is 0 Å². The van der Waals surface area contributed by atoms with Gasteiger partial charge >= 0.3 is 0 Å². The fourth-order valence-corrected chi connectivity index (χ4v) is 3.87. The molecule has 2 aliphatic rings. The molecule has 164 valence electrons. The highest BCUT2D eigenvalue weighted by Crippen LogP contribution is 2.33. The Bertz CT molecular complexity index is 903. The molecule has 0 aliphatic heterocycles. The van der Waals surface area contributed by atoms with E-state index in [9.17, 15) is 9.18 Å². The van der Waals surface area contributed by atoms with Crippen molar-refractivity contribution in [1.29, 1.82) is 0 Å². The normalized spacial score (nSPS) is 22.7. The van der Waals surface area contributed by atoms with Crippen molar-refractivity contribution in [2.24, 2.45) is 7.05 Å². The Kier molecular flexibility index (Phi) is 6.13. The molecule has 2 fully saturated rings. The predicted molar refractivity (Wildman–Crippen MR) is 110 cm³/mol. The topological polar surface area (TPSA) is 74.6 Å². The maximum atomic E-state index is 14.3. The molecule has 1 N–H and O–H groups in total. The first kappa shape index (κ1) is 20.9. The molecule has 30 heavy (non-hydrogen) atoms. The van der Waals surface area contributed by atoms with Gasteiger partial charge in [-0.2, -0.15) is 4.98 Å². The summed E-state index contributed by atoms with van der Waals surface area (Å²) in [6.45, 7) is 3.96. The van der Waals surface area contributed by atoms with E-state index in [-0.39, 0.29) is 41.8 Å². The van der Waals surface area contributed by atoms with Crippen LogP contribution in [0.25, 0.3) is 11.0 Å².